The van der Waals surface area contributed by atoms with Gasteiger partial charge < -0.3 is 51.1 Å². The molecule has 2 rings (SSSR count). The van der Waals surface area contributed by atoms with Gasteiger partial charge in [-0.05, 0) is 49.9 Å². The van der Waals surface area contributed by atoms with Crippen molar-refractivity contribution in [2.45, 2.75) is 272 Å². The Kier molecular flexibility index (Phi) is 160. The van der Waals surface area contributed by atoms with Gasteiger partial charge in [0.05, 0.1) is 11.1 Å². The van der Waals surface area contributed by atoms with E-state index in [1.807, 2.05) is 0 Å². The van der Waals surface area contributed by atoms with Gasteiger partial charge in [-0.25, -0.2) is 28.8 Å². The van der Waals surface area contributed by atoms with Crippen molar-refractivity contribution < 1.29 is 177 Å². The first-order chi connectivity index (χ1) is 41.0. The summed E-state index contributed by atoms with van der Waals surface area (Å²) in [4.78, 5) is 98.3. The molecule has 0 aromatic heterocycles. The summed E-state index contributed by atoms with van der Waals surface area (Å²) >= 11 is 0. The van der Waals surface area contributed by atoms with Crippen molar-refractivity contribution in [2.75, 3.05) is 0 Å². The van der Waals surface area contributed by atoms with Crippen molar-refractivity contribution in [1.82, 2.24) is 0 Å². The zero-order chi connectivity index (χ0) is 66.3. The second-order valence-corrected chi connectivity index (χ2v) is 20.1. The van der Waals surface area contributed by atoms with Gasteiger partial charge in [0.25, 0.3) is 0 Å². The third-order valence-electron chi connectivity index (χ3n) is 12.1. The number of hydrogen-bond acceptors (Lipinski definition) is 10. The van der Waals surface area contributed by atoms with Gasteiger partial charge in [-0.1, -0.05) is 257 Å². The normalized spacial score (nSPS) is 8.80. The number of carboxylic acids is 10. The molecule has 0 atom stereocenters. The predicted molar refractivity (Wildman–Crippen MR) is 364 cm³/mol. The van der Waals surface area contributed by atoms with Crippen LogP contribution in [0, 0.1) is 0 Å². The van der Waals surface area contributed by atoms with Gasteiger partial charge in [-0.15, -0.1) is 0 Å². The topological polar surface area (TPSA) is 373 Å². The Bertz CT molecular complexity index is 1920. The number of hydrogen-bond donors (Lipinski definition) is 10. The van der Waals surface area contributed by atoms with Crippen LogP contribution in [0.3, 0.4) is 0 Å². The summed E-state index contributed by atoms with van der Waals surface area (Å²) in [6.07, 6.45) is 44.6. The van der Waals surface area contributed by atoms with Gasteiger partial charge in [0, 0.05) is 37.8 Å². The summed E-state index contributed by atoms with van der Waals surface area (Å²) in [5.41, 5.74) is 0.662. The van der Waals surface area contributed by atoms with E-state index in [1.54, 1.807) is 60.7 Å². The van der Waals surface area contributed by atoms with Gasteiger partial charge in [-0.2, -0.15) is 0 Å². The van der Waals surface area contributed by atoms with E-state index in [4.69, 9.17) is 60.7 Å². The number of benzene rings is 2. The Morgan fingerprint density at radius 2 is 0.400 bits per heavy atom. The van der Waals surface area contributed by atoms with E-state index in [0.717, 1.165) is 51.4 Å². The Morgan fingerprint density at radius 1 is 0.253 bits per heavy atom. The van der Waals surface area contributed by atoms with E-state index < -0.39 is 59.7 Å². The van der Waals surface area contributed by atoms with Crippen molar-refractivity contribution in [3.05, 3.63) is 83.9 Å². The van der Waals surface area contributed by atoms with Crippen LogP contribution in [0.1, 0.15) is 292 Å². The minimum atomic E-state index is -1.82. The second-order valence-electron chi connectivity index (χ2n) is 20.1. The molecule has 0 fully saturated rings. The minimum absolute atomic E-state index is 0. The quantitative estimate of drug-likeness (QED) is 0.0128. The summed E-state index contributed by atoms with van der Waals surface area (Å²) in [6, 6.07) is 16.6. The third kappa shape index (κ3) is 144. The number of unbranched alkanes of at least 4 members (excludes halogenated alkanes) is 30. The van der Waals surface area contributed by atoms with Crippen molar-refractivity contribution in [3.63, 3.8) is 0 Å². The molecule has 29 heteroatoms. The van der Waals surface area contributed by atoms with Crippen LogP contribution in [0.5, 0.6) is 0 Å². The number of aromatic carboxylic acids is 2. The van der Waals surface area contributed by atoms with Crippen LogP contribution in [0.15, 0.2) is 72.8 Å². The summed E-state index contributed by atoms with van der Waals surface area (Å²) in [5, 5.41) is 80.6. The molecule has 0 unspecified atom stereocenters. The number of rotatable bonds is 42. The molecular weight excluding hydrogens is 2060 g/mol. The van der Waals surface area contributed by atoms with Gasteiger partial charge in [-0.3, -0.25) is 19.2 Å². The summed E-state index contributed by atoms with van der Waals surface area (Å²) in [7, 11) is 0. The van der Waals surface area contributed by atoms with Crippen molar-refractivity contribution in [1.29, 1.82) is 0 Å². The van der Waals surface area contributed by atoms with Gasteiger partial charge >= 0.3 is 382 Å². The Hall–Kier alpha value is 3.23. The monoisotopic (exact) mass is 2170 g/mol. The maximum Gasteiger partial charge on any atom is 2.00 e. The van der Waals surface area contributed by atoms with Gasteiger partial charge in [0.2, 0.25) is 0 Å². The van der Waals surface area contributed by atoms with Crippen molar-refractivity contribution >= 4 is 304 Å². The van der Waals surface area contributed by atoms with E-state index >= 15 is 0 Å². The van der Waals surface area contributed by atoms with E-state index in [2.05, 4.69) is 27.7 Å². The molecule has 0 amide bonds. The predicted octanol–water partition coefficient (Wildman–Crippen LogP) is 14.9. The molecule has 0 saturated heterocycles. The fourth-order valence-corrected chi connectivity index (χ4v) is 7.30. The summed E-state index contributed by atoms with van der Waals surface area (Å²) < 4.78 is 0. The first-order valence-corrected chi connectivity index (χ1v) is 31.0. The molecule has 10 N–H and O–H groups in total. The molecule has 2 aromatic rings. The molecule has 494 valence electrons. The minimum Gasteiger partial charge on any atom is -0.481 e. The standard InChI is InChI=1S/C18H36O2.C12H24O2.2C8H16O2.2C7H6O2.C4H4O4.C2H2O4.5Ba.4Zn/c1-2-3-4-5-6-7-8-9-10-11-12-13-14-15-16-17-18(19)20;1-2-3-4-5-6-7-8-9-10-11-12(13)14;2*1-2-3-4-5-6-7-8(9)10;2*8-7(9)6-4-2-1-3-5-6;5-3(6)1-2-4(7)8;3-1(4)2(5)6;;;;;;;;;/h2-17H2,1H3,(H,19,20);2-11H2,1H3,(H,13,14);2*2-7H2,1H3,(H,9,10);2*1-5H,(H,8,9);1-2H,(H,5,6)(H,7,8);(H,3,4)(H,5,6);;;;;;;;;/q;;;;;;;;9*+2/b;;;;;;2-1-;;;;;;;;;;. The zero-order valence-corrected chi connectivity index (χ0v) is 92.8. The maximum atomic E-state index is 10.3. The average Bonchev–Trinajstić information content (AvgIpc) is 3.69. The second kappa shape index (κ2) is 113. The molecule has 0 aliphatic carbocycles. The molecule has 2 aromatic carbocycles. The van der Waals surface area contributed by atoms with Crippen LogP contribution in [0.4, 0.5) is 0 Å². The molecule has 0 spiro atoms. The summed E-state index contributed by atoms with van der Waals surface area (Å²) in [5.74, 6) is -10.6. The first kappa shape index (κ1) is 134. The Balaban J connectivity index is -0.0000000598. The fraction of sp³-hybridized carbons (Fsp3) is 0.636. The summed E-state index contributed by atoms with van der Waals surface area (Å²) in [6.45, 7) is 8.80. The van der Waals surface area contributed by atoms with E-state index in [0.29, 0.717) is 49.0 Å². The van der Waals surface area contributed by atoms with Crippen LogP contribution >= 0.6 is 0 Å². The molecule has 0 aliphatic heterocycles. The smallest absolute Gasteiger partial charge is 0.481 e. The van der Waals surface area contributed by atoms with Crippen molar-refractivity contribution in [2.24, 2.45) is 0 Å². The molecule has 0 heterocycles. The maximum absolute atomic E-state index is 10.3. The number of carbonyl (C=O) groups is 10. The van der Waals surface area contributed by atoms with E-state index in [9.17, 15) is 38.4 Å². The van der Waals surface area contributed by atoms with Crippen LogP contribution in [-0.4, -0.2) is 355 Å². The molecule has 0 bridgehead atoms. The van der Waals surface area contributed by atoms with Crippen LogP contribution in [0.2, 0.25) is 0 Å². The molecule has 0 aliphatic rings. The van der Waals surface area contributed by atoms with Crippen LogP contribution < -0.4 is 0 Å². The fourth-order valence-electron chi connectivity index (χ4n) is 7.30. The molecule has 0 radical (unpaired) electrons. The number of carboxylic acid groups (broad SMARTS) is 10. The third-order valence-corrected chi connectivity index (χ3v) is 12.1. The SMILES string of the molecule is CCCCCCCC(=O)O.CCCCCCCC(=O)O.CCCCCCCCCCCC(=O)O.CCCCCCCCCCCCCCCCCC(=O)O.O=C(O)/C=C\C(=O)O.O=C(O)C(=O)O.O=C(O)c1ccccc1.O=C(O)c1ccccc1.[Ba+2].[Ba+2].[Ba+2].[Ba+2].[Ba+2].[Zn+2].[Zn+2].[Zn+2].[Zn+2]. The Morgan fingerprint density at radius 3 is 0.505 bits per heavy atom. The molecular formula is C66H110Ba5O20Zn4+18. The zero-order valence-electron chi connectivity index (χ0n) is 58.7. The van der Waals surface area contributed by atoms with Gasteiger partial charge in [0.15, 0.2) is 0 Å². The van der Waals surface area contributed by atoms with Crippen LogP contribution in [0.25, 0.3) is 0 Å². The number of aliphatic carboxylic acids is 8. The largest absolute Gasteiger partial charge is 2.00 e. The molecule has 20 nitrogen and oxygen atoms in total. The molecule has 95 heavy (non-hydrogen) atoms. The van der Waals surface area contributed by atoms with Gasteiger partial charge in [0.1, 0.15) is 0 Å². The van der Waals surface area contributed by atoms with Crippen LogP contribution in [-0.2, 0) is 116 Å². The van der Waals surface area contributed by atoms with E-state index in [-0.39, 0.29) is 322 Å². The molecule has 0 saturated carbocycles. The Labute approximate surface area is 821 Å². The van der Waals surface area contributed by atoms with E-state index in [1.165, 1.54) is 167 Å². The average molecular weight is 2170 g/mol. The first-order valence-electron chi connectivity index (χ1n) is 31.0. The van der Waals surface area contributed by atoms with Crippen molar-refractivity contribution in [3.8, 4) is 0 Å².